The summed E-state index contributed by atoms with van der Waals surface area (Å²) in [4.78, 5) is 14.5. The summed E-state index contributed by atoms with van der Waals surface area (Å²) in [5, 5.41) is 19.2. The monoisotopic (exact) mass is 337 g/mol. The first kappa shape index (κ1) is 18.7. The first-order valence-corrected chi connectivity index (χ1v) is 8.32. The average molecular weight is 337 g/mol. The van der Waals surface area contributed by atoms with Crippen molar-refractivity contribution in [3.05, 3.63) is 29.8 Å². The Bertz CT molecular complexity index is 519. The fraction of sp³-hybridized carbons (Fsp3) is 0.611. The lowest BCUT2D eigenvalue weighted by atomic mass is 9.84. The maximum Gasteiger partial charge on any atom is 0.226 e. The van der Waals surface area contributed by atoms with Crippen LogP contribution in [0.25, 0.3) is 0 Å². The van der Waals surface area contributed by atoms with Crippen LogP contribution in [0.15, 0.2) is 24.3 Å². The molecule has 2 N–H and O–H groups in total. The molecule has 0 saturated heterocycles. The van der Waals surface area contributed by atoms with Crippen LogP contribution >= 0.6 is 0 Å². The standard InChI is InChI=1S/C18H27NO5/c1-23-15-6-3-13(4-7-15)12-19(9-10-20)18(22)14-5-8-16(21)17(11-14)24-2/h3-4,6-7,14,16-17,20-21H,5,8-12H2,1-2H3/t14-,16+,17-/m1/s1. The van der Waals surface area contributed by atoms with Gasteiger partial charge in [0.15, 0.2) is 0 Å². The summed E-state index contributed by atoms with van der Waals surface area (Å²) < 4.78 is 10.4. The molecule has 24 heavy (non-hydrogen) atoms. The molecular weight excluding hydrogens is 310 g/mol. The molecule has 6 heteroatoms. The van der Waals surface area contributed by atoms with Crippen LogP contribution in [0.4, 0.5) is 0 Å². The van der Waals surface area contributed by atoms with Crippen LogP contribution in [0.5, 0.6) is 5.75 Å². The molecule has 1 aromatic carbocycles. The number of hydrogen-bond donors (Lipinski definition) is 2. The van der Waals surface area contributed by atoms with Gasteiger partial charge in [-0.25, -0.2) is 0 Å². The van der Waals surface area contributed by atoms with Crippen LogP contribution in [-0.4, -0.2) is 60.6 Å². The highest BCUT2D eigenvalue weighted by Gasteiger charge is 2.34. The summed E-state index contributed by atoms with van der Waals surface area (Å²) in [5.74, 6) is 0.597. The van der Waals surface area contributed by atoms with Crippen molar-refractivity contribution in [1.29, 1.82) is 0 Å². The Balaban J connectivity index is 2.03. The predicted octanol–water partition coefficient (Wildman–Crippen LogP) is 1.19. The third-order valence-electron chi connectivity index (χ3n) is 4.62. The van der Waals surface area contributed by atoms with E-state index in [0.29, 0.717) is 32.4 Å². The highest BCUT2D eigenvalue weighted by Crippen LogP contribution is 2.28. The van der Waals surface area contributed by atoms with Crippen molar-refractivity contribution in [3.63, 3.8) is 0 Å². The Labute approximate surface area is 143 Å². The highest BCUT2D eigenvalue weighted by molar-refractivity contribution is 5.79. The largest absolute Gasteiger partial charge is 0.497 e. The van der Waals surface area contributed by atoms with Crippen molar-refractivity contribution in [3.8, 4) is 5.75 Å². The number of aliphatic hydroxyl groups excluding tert-OH is 2. The molecule has 1 saturated carbocycles. The van der Waals surface area contributed by atoms with Crippen molar-refractivity contribution < 1.29 is 24.5 Å². The summed E-state index contributed by atoms with van der Waals surface area (Å²) >= 11 is 0. The van der Waals surface area contributed by atoms with Crippen LogP contribution < -0.4 is 4.74 Å². The molecule has 0 spiro atoms. The zero-order valence-corrected chi connectivity index (χ0v) is 14.4. The number of amides is 1. The predicted molar refractivity (Wildman–Crippen MR) is 89.6 cm³/mol. The number of hydrogen-bond acceptors (Lipinski definition) is 5. The van der Waals surface area contributed by atoms with Crippen LogP contribution in [0.1, 0.15) is 24.8 Å². The van der Waals surface area contributed by atoms with Gasteiger partial charge < -0.3 is 24.6 Å². The van der Waals surface area contributed by atoms with Crippen molar-refractivity contribution >= 4 is 5.91 Å². The summed E-state index contributed by atoms with van der Waals surface area (Å²) in [6, 6.07) is 7.54. The number of carbonyl (C=O) groups excluding carboxylic acids is 1. The lowest BCUT2D eigenvalue weighted by Gasteiger charge is -2.34. The van der Waals surface area contributed by atoms with E-state index in [2.05, 4.69) is 0 Å². The number of ether oxygens (including phenoxy) is 2. The van der Waals surface area contributed by atoms with Crippen molar-refractivity contribution in [1.82, 2.24) is 4.90 Å². The maximum atomic E-state index is 12.8. The first-order chi connectivity index (χ1) is 11.6. The van der Waals surface area contributed by atoms with Gasteiger partial charge in [0.1, 0.15) is 5.75 Å². The van der Waals surface area contributed by atoms with Gasteiger partial charge >= 0.3 is 0 Å². The zero-order chi connectivity index (χ0) is 17.5. The maximum absolute atomic E-state index is 12.8. The molecule has 1 amide bonds. The summed E-state index contributed by atoms with van der Waals surface area (Å²) in [7, 11) is 3.17. The van der Waals surface area contributed by atoms with Crippen molar-refractivity contribution in [2.24, 2.45) is 5.92 Å². The fourth-order valence-corrected chi connectivity index (χ4v) is 3.19. The molecule has 1 aliphatic carbocycles. The molecule has 3 atom stereocenters. The molecule has 134 valence electrons. The number of benzene rings is 1. The molecule has 0 bridgehead atoms. The normalized spacial score (nSPS) is 23.8. The highest BCUT2D eigenvalue weighted by atomic mass is 16.5. The lowest BCUT2D eigenvalue weighted by Crippen LogP contribution is -2.44. The number of nitrogens with zero attached hydrogens (tertiary/aromatic N) is 1. The molecular formula is C18H27NO5. The van der Waals surface area contributed by atoms with Gasteiger partial charge in [-0.2, -0.15) is 0 Å². The van der Waals surface area contributed by atoms with Gasteiger partial charge in [-0.1, -0.05) is 12.1 Å². The Morgan fingerprint density at radius 3 is 2.54 bits per heavy atom. The van der Waals surface area contributed by atoms with Crippen molar-refractivity contribution in [2.75, 3.05) is 27.4 Å². The third kappa shape index (κ3) is 4.69. The van der Waals surface area contributed by atoms with Crippen LogP contribution in [0.2, 0.25) is 0 Å². The first-order valence-electron chi connectivity index (χ1n) is 8.32. The fourth-order valence-electron chi connectivity index (χ4n) is 3.19. The van der Waals surface area contributed by atoms with E-state index >= 15 is 0 Å². The minimum Gasteiger partial charge on any atom is -0.497 e. The van der Waals surface area contributed by atoms with Crippen molar-refractivity contribution in [2.45, 2.75) is 38.0 Å². The minimum absolute atomic E-state index is 0.00816. The molecule has 0 unspecified atom stereocenters. The Morgan fingerprint density at radius 2 is 1.96 bits per heavy atom. The van der Waals surface area contributed by atoms with E-state index in [0.717, 1.165) is 11.3 Å². The lowest BCUT2D eigenvalue weighted by molar-refractivity contribution is -0.142. The molecule has 6 nitrogen and oxygen atoms in total. The van der Waals surface area contributed by atoms with E-state index < -0.39 is 6.10 Å². The third-order valence-corrected chi connectivity index (χ3v) is 4.62. The number of carbonyl (C=O) groups is 1. The minimum atomic E-state index is -0.507. The van der Waals surface area contributed by atoms with Gasteiger partial charge in [0.05, 0.1) is 25.9 Å². The van der Waals surface area contributed by atoms with Gasteiger partial charge in [-0.05, 0) is 37.0 Å². The molecule has 1 fully saturated rings. The van der Waals surface area contributed by atoms with E-state index in [9.17, 15) is 15.0 Å². The second-order valence-electron chi connectivity index (χ2n) is 6.18. The van der Waals surface area contributed by atoms with Gasteiger partial charge in [0.25, 0.3) is 0 Å². The summed E-state index contributed by atoms with van der Waals surface area (Å²) in [6.45, 7) is 0.659. The number of aliphatic hydroxyl groups is 2. The second-order valence-corrected chi connectivity index (χ2v) is 6.18. The molecule has 2 rings (SSSR count). The van der Waals surface area contributed by atoms with Gasteiger partial charge in [0.2, 0.25) is 5.91 Å². The van der Waals surface area contributed by atoms with Crippen LogP contribution in [0.3, 0.4) is 0 Å². The van der Waals surface area contributed by atoms with E-state index in [1.54, 1.807) is 19.1 Å². The zero-order valence-electron chi connectivity index (χ0n) is 14.4. The van der Waals surface area contributed by atoms with Gasteiger partial charge in [-0.15, -0.1) is 0 Å². The molecule has 0 heterocycles. The molecule has 1 aromatic rings. The summed E-state index contributed by atoms with van der Waals surface area (Å²) in [5.41, 5.74) is 0.983. The second kappa shape index (κ2) is 9.01. The Kier molecular flexibility index (Phi) is 7.02. The SMILES string of the molecule is COc1ccc(CN(CCO)C(=O)[C@@H]2CC[C@H](O)[C@H](OC)C2)cc1. The van der Waals surface area contributed by atoms with Gasteiger partial charge in [0, 0.05) is 26.1 Å². The average Bonchev–Trinajstić information content (AvgIpc) is 2.61. The Morgan fingerprint density at radius 1 is 1.25 bits per heavy atom. The molecule has 1 aliphatic rings. The van der Waals surface area contributed by atoms with E-state index in [-0.39, 0.29) is 24.5 Å². The smallest absolute Gasteiger partial charge is 0.226 e. The molecule has 0 aromatic heterocycles. The topological polar surface area (TPSA) is 79.2 Å². The molecule has 0 aliphatic heterocycles. The number of methoxy groups -OCH3 is 2. The van der Waals surface area contributed by atoms with Gasteiger partial charge in [-0.3, -0.25) is 4.79 Å². The van der Waals surface area contributed by atoms with E-state index in [1.165, 1.54) is 0 Å². The van der Waals surface area contributed by atoms with Crippen LogP contribution in [0, 0.1) is 5.92 Å². The molecule has 0 radical (unpaired) electrons. The van der Waals surface area contributed by atoms with E-state index in [1.807, 2.05) is 24.3 Å². The van der Waals surface area contributed by atoms with E-state index in [4.69, 9.17) is 9.47 Å². The number of rotatable bonds is 7. The van der Waals surface area contributed by atoms with Crippen LogP contribution in [-0.2, 0) is 16.1 Å². The summed E-state index contributed by atoms with van der Waals surface area (Å²) in [6.07, 6.45) is 0.909. The Hall–Kier alpha value is -1.63. The quantitative estimate of drug-likeness (QED) is 0.781.